The van der Waals surface area contributed by atoms with E-state index in [1.807, 2.05) is 13.1 Å². The lowest BCUT2D eigenvalue weighted by molar-refractivity contribution is -0.892. The van der Waals surface area contributed by atoms with Gasteiger partial charge in [-0.3, -0.25) is 14.5 Å². The van der Waals surface area contributed by atoms with Crippen molar-refractivity contribution in [3.05, 3.63) is 63.9 Å². The van der Waals surface area contributed by atoms with E-state index in [2.05, 4.69) is 15.9 Å². The molecule has 0 aromatic heterocycles. The number of nitrogens with one attached hydrogen (secondary N) is 1. The highest BCUT2D eigenvalue weighted by Gasteiger charge is 2.37. The molecule has 118 valence electrons. The third-order valence-corrected chi connectivity index (χ3v) is 4.25. The standard InChI is InChI=1S/C17H14BrFN2O2/c1-20(9-11-3-2-4-13(19)7-11)10-21-15-6-5-12(18)8-14(15)16(22)17(21)23/h2-8H,9-10H2,1H3/p+1. The molecule has 1 amide bonds. The van der Waals surface area contributed by atoms with Crippen molar-refractivity contribution in [2.24, 2.45) is 0 Å². The van der Waals surface area contributed by atoms with Crippen LogP contribution in [0, 0.1) is 5.82 Å². The molecule has 0 bridgehead atoms. The van der Waals surface area contributed by atoms with E-state index in [4.69, 9.17) is 0 Å². The number of quaternary nitrogens is 1. The molecule has 0 radical (unpaired) electrons. The fourth-order valence-corrected chi connectivity index (χ4v) is 3.11. The van der Waals surface area contributed by atoms with Crippen LogP contribution in [-0.2, 0) is 11.3 Å². The van der Waals surface area contributed by atoms with Gasteiger partial charge in [-0.25, -0.2) is 4.39 Å². The summed E-state index contributed by atoms with van der Waals surface area (Å²) >= 11 is 3.31. The number of ketones is 1. The van der Waals surface area contributed by atoms with E-state index in [1.165, 1.54) is 17.0 Å². The van der Waals surface area contributed by atoms with Crippen molar-refractivity contribution in [3.8, 4) is 0 Å². The summed E-state index contributed by atoms with van der Waals surface area (Å²) in [6.45, 7) is 0.900. The number of carbonyl (C=O) groups is 2. The summed E-state index contributed by atoms with van der Waals surface area (Å²) in [6.07, 6.45) is 0. The molecule has 2 aromatic rings. The van der Waals surface area contributed by atoms with E-state index in [0.717, 1.165) is 14.9 Å². The molecular weight excluding hydrogens is 363 g/mol. The highest BCUT2D eigenvalue weighted by atomic mass is 79.9. The molecule has 0 fully saturated rings. The average Bonchev–Trinajstić information content (AvgIpc) is 2.72. The summed E-state index contributed by atoms with van der Waals surface area (Å²) in [5.74, 6) is -1.28. The van der Waals surface area contributed by atoms with E-state index in [0.29, 0.717) is 24.5 Å². The van der Waals surface area contributed by atoms with Crippen molar-refractivity contribution in [1.29, 1.82) is 0 Å². The maximum Gasteiger partial charge on any atom is 0.303 e. The van der Waals surface area contributed by atoms with Gasteiger partial charge < -0.3 is 4.90 Å². The van der Waals surface area contributed by atoms with Crippen molar-refractivity contribution in [2.45, 2.75) is 6.54 Å². The lowest BCUT2D eigenvalue weighted by Crippen LogP contribution is -3.09. The van der Waals surface area contributed by atoms with Crippen LogP contribution in [0.3, 0.4) is 0 Å². The van der Waals surface area contributed by atoms with Gasteiger partial charge in [0.15, 0.2) is 6.67 Å². The van der Waals surface area contributed by atoms with Crippen molar-refractivity contribution in [2.75, 3.05) is 18.6 Å². The summed E-state index contributed by atoms with van der Waals surface area (Å²) in [5, 5.41) is 0. The summed E-state index contributed by atoms with van der Waals surface area (Å²) in [5.41, 5.74) is 1.89. The Labute approximate surface area is 141 Å². The average molecular weight is 378 g/mol. The Bertz CT molecular complexity index is 794. The second kappa shape index (κ2) is 6.22. The van der Waals surface area contributed by atoms with Gasteiger partial charge in [0.2, 0.25) is 0 Å². The molecule has 3 rings (SSSR count). The Morgan fingerprint density at radius 2 is 1.96 bits per heavy atom. The first-order chi connectivity index (χ1) is 11.0. The molecule has 0 spiro atoms. The smallest absolute Gasteiger partial charge is 0.303 e. The van der Waals surface area contributed by atoms with Gasteiger partial charge in [0.05, 0.1) is 18.3 Å². The van der Waals surface area contributed by atoms with Gasteiger partial charge >= 0.3 is 5.91 Å². The van der Waals surface area contributed by atoms with E-state index < -0.39 is 11.7 Å². The van der Waals surface area contributed by atoms with Crippen molar-refractivity contribution < 1.29 is 18.9 Å². The number of anilines is 1. The van der Waals surface area contributed by atoms with Crippen LogP contribution < -0.4 is 9.80 Å². The molecule has 0 aliphatic carbocycles. The van der Waals surface area contributed by atoms with Gasteiger partial charge in [-0.05, 0) is 30.3 Å². The number of rotatable bonds is 4. The second-order valence-corrected chi connectivity index (χ2v) is 6.56. The first kappa shape index (κ1) is 15.8. The van der Waals surface area contributed by atoms with Gasteiger partial charge in [0, 0.05) is 10.0 Å². The van der Waals surface area contributed by atoms with Crippen LogP contribution in [0.2, 0.25) is 0 Å². The largest absolute Gasteiger partial charge is 0.316 e. The van der Waals surface area contributed by atoms with Crippen LogP contribution in [0.4, 0.5) is 10.1 Å². The Balaban J connectivity index is 1.78. The van der Waals surface area contributed by atoms with Crippen LogP contribution in [-0.4, -0.2) is 25.4 Å². The Hall–Kier alpha value is -2.05. The van der Waals surface area contributed by atoms with Crippen LogP contribution in [0.5, 0.6) is 0 Å². The normalized spacial score (nSPS) is 15.0. The molecule has 6 heteroatoms. The van der Waals surface area contributed by atoms with Gasteiger partial charge in [0.1, 0.15) is 12.4 Å². The number of amides is 1. The topological polar surface area (TPSA) is 41.8 Å². The van der Waals surface area contributed by atoms with Crippen molar-refractivity contribution in [3.63, 3.8) is 0 Å². The third-order valence-electron chi connectivity index (χ3n) is 3.76. The quantitative estimate of drug-likeness (QED) is 0.825. The first-order valence-corrected chi connectivity index (χ1v) is 7.96. The number of nitrogens with zero attached hydrogens (tertiary/aromatic N) is 1. The predicted octanol–water partition coefficient (Wildman–Crippen LogP) is 1.79. The number of carbonyl (C=O) groups excluding carboxylic acids is 2. The molecular formula is C17H15BrFN2O2+. The summed E-state index contributed by atoms with van der Waals surface area (Å²) in [4.78, 5) is 26.7. The van der Waals surface area contributed by atoms with E-state index in [1.54, 1.807) is 24.3 Å². The zero-order valence-corrected chi connectivity index (χ0v) is 14.1. The molecule has 0 saturated heterocycles. The number of fused-ring (bicyclic) bond motifs is 1. The Kier molecular flexibility index (Phi) is 4.28. The monoisotopic (exact) mass is 377 g/mol. The molecule has 1 atom stereocenters. The van der Waals surface area contributed by atoms with Gasteiger partial charge in [0.25, 0.3) is 5.78 Å². The minimum Gasteiger partial charge on any atom is -0.316 e. The highest BCUT2D eigenvalue weighted by molar-refractivity contribution is 9.10. The fourth-order valence-electron chi connectivity index (χ4n) is 2.75. The summed E-state index contributed by atoms with van der Waals surface area (Å²) < 4.78 is 14.0. The molecule has 23 heavy (non-hydrogen) atoms. The van der Waals surface area contributed by atoms with Gasteiger partial charge in [-0.1, -0.05) is 28.1 Å². The van der Waals surface area contributed by atoms with E-state index in [-0.39, 0.29) is 5.82 Å². The maximum absolute atomic E-state index is 13.2. The minimum atomic E-state index is -0.517. The van der Waals surface area contributed by atoms with Crippen LogP contribution in [0.1, 0.15) is 15.9 Å². The lowest BCUT2D eigenvalue weighted by atomic mass is 10.1. The van der Waals surface area contributed by atoms with Crippen LogP contribution >= 0.6 is 15.9 Å². The molecule has 1 heterocycles. The highest BCUT2D eigenvalue weighted by Crippen LogP contribution is 2.30. The first-order valence-electron chi connectivity index (χ1n) is 7.17. The molecule has 0 saturated carbocycles. The maximum atomic E-state index is 13.2. The van der Waals surface area contributed by atoms with Crippen LogP contribution in [0.25, 0.3) is 0 Å². The number of halogens is 2. The third kappa shape index (κ3) is 3.18. The fraction of sp³-hybridized carbons (Fsp3) is 0.176. The number of Topliss-reactive ketones (excluding diaryl/α,β-unsaturated/α-hetero) is 1. The molecule has 1 unspecified atom stereocenters. The number of benzene rings is 2. The number of hydrogen-bond acceptors (Lipinski definition) is 2. The van der Waals surface area contributed by atoms with Crippen molar-refractivity contribution >= 4 is 33.3 Å². The zero-order chi connectivity index (χ0) is 16.6. The van der Waals surface area contributed by atoms with Crippen molar-refractivity contribution in [1.82, 2.24) is 0 Å². The molecule has 1 aliphatic rings. The van der Waals surface area contributed by atoms with Gasteiger partial charge in [-0.2, -0.15) is 0 Å². The zero-order valence-electron chi connectivity index (χ0n) is 12.5. The Morgan fingerprint density at radius 1 is 1.17 bits per heavy atom. The van der Waals surface area contributed by atoms with E-state index in [9.17, 15) is 14.0 Å². The second-order valence-electron chi connectivity index (χ2n) is 5.65. The van der Waals surface area contributed by atoms with Gasteiger partial charge in [-0.15, -0.1) is 0 Å². The molecule has 1 aliphatic heterocycles. The van der Waals surface area contributed by atoms with E-state index >= 15 is 0 Å². The molecule has 4 nitrogen and oxygen atoms in total. The van der Waals surface area contributed by atoms with Crippen LogP contribution in [0.15, 0.2) is 46.9 Å². The lowest BCUT2D eigenvalue weighted by Gasteiger charge is -2.21. The summed E-state index contributed by atoms with van der Waals surface area (Å²) in [7, 11) is 1.90. The SMILES string of the molecule is C[NH+](Cc1cccc(F)c1)CN1C(=O)C(=O)c2cc(Br)ccc21. The minimum absolute atomic E-state index is 0.280. The molecule has 2 aromatic carbocycles. The predicted molar refractivity (Wildman–Crippen MR) is 87.8 cm³/mol. The summed E-state index contributed by atoms with van der Waals surface area (Å²) in [6, 6.07) is 11.6. The number of hydrogen-bond donors (Lipinski definition) is 1. The Morgan fingerprint density at radius 3 is 2.70 bits per heavy atom. The molecule has 1 N–H and O–H groups in total.